The van der Waals surface area contributed by atoms with Crippen LogP contribution in [-0.4, -0.2) is 17.2 Å². The molecule has 1 aliphatic heterocycles. The summed E-state index contributed by atoms with van der Waals surface area (Å²) >= 11 is 5.19. The zero-order valence-corrected chi connectivity index (χ0v) is 16.4. The van der Waals surface area contributed by atoms with Crippen LogP contribution in [0.3, 0.4) is 0 Å². The Hall–Kier alpha value is -2.47. The normalized spacial score (nSPS) is 14.7. The summed E-state index contributed by atoms with van der Waals surface area (Å²) in [5.41, 5.74) is 2.92. The summed E-state index contributed by atoms with van der Waals surface area (Å²) in [5.74, 6) is 1.00. The van der Waals surface area contributed by atoms with Crippen molar-refractivity contribution in [3.63, 3.8) is 0 Å². The van der Waals surface area contributed by atoms with Gasteiger partial charge >= 0.3 is 0 Å². The molecular formula is C21H16BrN3S. The van der Waals surface area contributed by atoms with Gasteiger partial charge in [0.15, 0.2) is 0 Å². The first-order valence-electron chi connectivity index (χ1n) is 8.15. The Balaban J connectivity index is 1.97. The van der Waals surface area contributed by atoms with Crippen molar-refractivity contribution in [2.75, 3.05) is 12.3 Å². The molecule has 0 unspecified atom stereocenters. The van der Waals surface area contributed by atoms with E-state index >= 15 is 0 Å². The van der Waals surface area contributed by atoms with Gasteiger partial charge in [-0.25, -0.2) is 0 Å². The molecule has 3 rings (SSSR count). The van der Waals surface area contributed by atoms with Crippen molar-refractivity contribution in [1.82, 2.24) is 4.90 Å². The molecule has 1 fully saturated rings. The third-order valence-corrected chi connectivity index (χ3v) is 5.64. The number of halogens is 1. The average molecular weight is 422 g/mol. The number of nitriles is 2. The maximum Gasteiger partial charge on any atom is 0.137 e. The second-order valence-corrected chi connectivity index (χ2v) is 7.79. The molecule has 0 atom stereocenters. The number of allylic oxidation sites excluding steroid dienone is 3. The van der Waals surface area contributed by atoms with Crippen molar-refractivity contribution < 1.29 is 0 Å². The molecule has 26 heavy (non-hydrogen) atoms. The lowest BCUT2D eigenvalue weighted by Gasteiger charge is -2.19. The van der Waals surface area contributed by atoms with Gasteiger partial charge in [-0.15, -0.1) is 11.8 Å². The van der Waals surface area contributed by atoms with Gasteiger partial charge in [0, 0.05) is 28.9 Å². The van der Waals surface area contributed by atoms with Gasteiger partial charge in [-0.2, -0.15) is 10.5 Å². The highest BCUT2D eigenvalue weighted by molar-refractivity contribution is 9.10. The lowest BCUT2D eigenvalue weighted by atomic mass is 10.0. The number of hydrogen-bond donors (Lipinski definition) is 0. The van der Waals surface area contributed by atoms with Crippen LogP contribution in [-0.2, 0) is 6.54 Å². The molecule has 0 bridgehead atoms. The summed E-state index contributed by atoms with van der Waals surface area (Å²) in [5, 5.41) is 19.9. The minimum atomic E-state index is 0.131. The molecule has 5 heteroatoms. The molecule has 0 amide bonds. The topological polar surface area (TPSA) is 50.8 Å². The van der Waals surface area contributed by atoms with Crippen molar-refractivity contribution in [2.24, 2.45) is 0 Å². The molecule has 128 valence electrons. The molecule has 2 aromatic carbocycles. The fourth-order valence-corrected chi connectivity index (χ4v) is 4.08. The highest BCUT2D eigenvalue weighted by Gasteiger charge is 2.19. The van der Waals surface area contributed by atoms with Crippen LogP contribution >= 0.6 is 27.7 Å². The summed E-state index contributed by atoms with van der Waals surface area (Å²) in [4.78, 5) is 2.30. The van der Waals surface area contributed by atoms with Crippen LogP contribution in [0.2, 0.25) is 0 Å². The summed E-state index contributed by atoms with van der Waals surface area (Å²) in [7, 11) is 0. The predicted octanol–water partition coefficient (Wildman–Crippen LogP) is 5.34. The van der Waals surface area contributed by atoms with Crippen LogP contribution in [0.25, 0.3) is 5.57 Å². The lowest BCUT2D eigenvalue weighted by molar-refractivity contribution is 0.396. The molecule has 2 aromatic rings. The summed E-state index contributed by atoms with van der Waals surface area (Å²) in [6.45, 7) is 1.77. The quantitative estimate of drug-likeness (QED) is 0.624. The van der Waals surface area contributed by atoms with Gasteiger partial charge in [0.05, 0.1) is 5.03 Å². The zero-order valence-electron chi connectivity index (χ0n) is 14.0. The van der Waals surface area contributed by atoms with Crippen molar-refractivity contribution in [3.05, 3.63) is 86.9 Å². The molecule has 0 aliphatic carbocycles. The Morgan fingerprint density at radius 1 is 1.08 bits per heavy atom. The first-order valence-corrected chi connectivity index (χ1v) is 9.93. The second kappa shape index (κ2) is 8.76. The van der Waals surface area contributed by atoms with Crippen molar-refractivity contribution in [2.45, 2.75) is 6.54 Å². The Morgan fingerprint density at radius 3 is 2.42 bits per heavy atom. The van der Waals surface area contributed by atoms with Crippen LogP contribution in [0.1, 0.15) is 11.1 Å². The van der Waals surface area contributed by atoms with Crippen molar-refractivity contribution in [1.29, 1.82) is 10.5 Å². The van der Waals surface area contributed by atoms with E-state index in [0.29, 0.717) is 5.57 Å². The van der Waals surface area contributed by atoms with Crippen LogP contribution in [0.15, 0.2) is 75.7 Å². The summed E-state index contributed by atoms with van der Waals surface area (Å²) in [6, 6.07) is 22.1. The van der Waals surface area contributed by atoms with Gasteiger partial charge in [0.2, 0.25) is 0 Å². The number of nitrogens with zero attached hydrogens (tertiary/aromatic N) is 3. The molecule has 0 N–H and O–H groups in total. The highest BCUT2D eigenvalue weighted by Crippen LogP contribution is 2.33. The number of benzene rings is 2. The standard InChI is InChI=1S/C21H16BrN3S/c22-19-8-6-17(7-9-19)20(18(13-23)14-24)12-21-25(10-11-26-21)15-16-4-2-1-3-5-16/h1-9,12H,10-11,15H2/b21-12-. The van der Waals surface area contributed by atoms with E-state index in [0.717, 1.165) is 33.9 Å². The molecule has 1 aliphatic rings. The first-order chi connectivity index (χ1) is 12.7. The van der Waals surface area contributed by atoms with Crippen LogP contribution in [0.4, 0.5) is 0 Å². The van der Waals surface area contributed by atoms with E-state index in [2.05, 4.69) is 33.0 Å². The van der Waals surface area contributed by atoms with E-state index < -0.39 is 0 Å². The van der Waals surface area contributed by atoms with E-state index in [-0.39, 0.29) is 5.57 Å². The minimum absolute atomic E-state index is 0.131. The van der Waals surface area contributed by atoms with Gasteiger partial charge in [0.1, 0.15) is 17.7 Å². The van der Waals surface area contributed by atoms with Gasteiger partial charge in [-0.05, 0) is 29.3 Å². The Morgan fingerprint density at radius 2 is 1.77 bits per heavy atom. The molecule has 0 saturated carbocycles. The van der Waals surface area contributed by atoms with Gasteiger partial charge < -0.3 is 4.90 Å². The largest absolute Gasteiger partial charge is 0.361 e. The fraction of sp³-hybridized carbons (Fsp3) is 0.143. The van der Waals surface area contributed by atoms with Crippen LogP contribution < -0.4 is 0 Å². The molecule has 0 aromatic heterocycles. The monoisotopic (exact) mass is 421 g/mol. The first kappa shape index (κ1) is 18.3. The molecule has 0 radical (unpaired) electrons. The predicted molar refractivity (Wildman–Crippen MR) is 110 cm³/mol. The number of thioether (sulfide) groups is 1. The van der Waals surface area contributed by atoms with Gasteiger partial charge in [-0.1, -0.05) is 58.4 Å². The molecular weight excluding hydrogens is 406 g/mol. The Labute approximate surface area is 166 Å². The number of hydrogen-bond acceptors (Lipinski definition) is 4. The van der Waals surface area contributed by atoms with Crippen molar-refractivity contribution in [3.8, 4) is 12.1 Å². The van der Waals surface area contributed by atoms with Gasteiger partial charge in [0.25, 0.3) is 0 Å². The lowest BCUT2D eigenvalue weighted by Crippen LogP contribution is -2.17. The Kier molecular flexibility index (Phi) is 6.17. The molecule has 1 saturated heterocycles. The summed E-state index contributed by atoms with van der Waals surface area (Å²) in [6.07, 6.45) is 1.98. The van der Waals surface area contributed by atoms with Crippen LogP contribution in [0, 0.1) is 22.7 Å². The van der Waals surface area contributed by atoms with E-state index in [1.54, 1.807) is 11.8 Å². The van der Waals surface area contributed by atoms with E-state index in [9.17, 15) is 10.5 Å². The van der Waals surface area contributed by atoms with E-state index in [4.69, 9.17) is 0 Å². The maximum atomic E-state index is 9.40. The third kappa shape index (κ3) is 4.38. The smallest absolute Gasteiger partial charge is 0.137 e. The maximum absolute atomic E-state index is 9.40. The molecule has 1 heterocycles. The fourth-order valence-electron chi connectivity index (χ4n) is 2.75. The van der Waals surface area contributed by atoms with Gasteiger partial charge in [-0.3, -0.25) is 0 Å². The molecule has 3 nitrogen and oxygen atoms in total. The summed E-state index contributed by atoms with van der Waals surface area (Å²) < 4.78 is 0.963. The minimum Gasteiger partial charge on any atom is -0.361 e. The van der Waals surface area contributed by atoms with Crippen LogP contribution in [0.5, 0.6) is 0 Å². The van der Waals surface area contributed by atoms with E-state index in [1.165, 1.54) is 5.56 Å². The highest BCUT2D eigenvalue weighted by atomic mass is 79.9. The third-order valence-electron chi connectivity index (χ3n) is 4.06. The van der Waals surface area contributed by atoms with Crippen molar-refractivity contribution >= 4 is 33.3 Å². The zero-order chi connectivity index (χ0) is 18.4. The molecule has 0 spiro atoms. The van der Waals surface area contributed by atoms with E-state index in [1.807, 2.05) is 60.7 Å². The SMILES string of the molecule is N#CC(C#N)=C(/C=C1\SCCN1Cc1ccccc1)c1ccc(Br)cc1. The average Bonchev–Trinajstić information content (AvgIpc) is 3.10. The Bertz CT molecular complexity index is 902. The second-order valence-electron chi connectivity index (χ2n) is 5.76. The number of rotatable bonds is 4.